The summed E-state index contributed by atoms with van der Waals surface area (Å²) < 4.78 is 5.01. The zero-order valence-corrected chi connectivity index (χ0v) is 8.16. The third-order valence-electron chi connectivity index (χ3n) is 3.16. The molecular weight excluding hydrogens is 166 g/mol. The molecule has 0 aromatic carbocycles. The molecule has 13 heavy (non-hydrogen) atoms. The minimum absolute atomic E-state index is 0.0973. The van der Waals surface area contributed by atoms with Gasteiger partial charge in [-0.15, -0.1) is 0 Å². The van der Waals surface area contributed by atoms with Crippen LogP contribution in [-0.2, 0) is 4.74 Å². The Balaban J connectivity index is 1.91. The minimum Gasteiger partial charge on any atom is -0.447 e. The third kappa shape index (κ3) is 1.64. The van der Waals surface area contributed by atoms with Crippen LogP contribution in [0.2, 0.25) is 0 Å². The van der Waals surface area contributed by atoms with E-state index in [4.69, 9.17) is 4.74 Å². The summed E-state index contributed by atoms with van der Waals surface area (Å²) in [5, 5.41) is 0. The lowest BCUT2D eigenvalue weighted by molar-refractivity contribution is 0.145. The van der Waals surface area contributed by atoms with Gasteiger partial charge >= 0.3 is 6.09 Å². The first-order valence-electron chi connectivity index (χ1n) is 5.24. The molecule has 3 heteroatoms. The van der Waals surface area contributed by atoms with Gasteiger partial charge in [0.05, 0.1) is 6.04 Å². The van der Waals surface area contributed by atoms with Crippen LogP contribution in [0.5, 0.6) is 0 Å². The van der Waals surface area contributed by atoms with Crippen molar-refractivity contribution >= 4 is 6.09 Å². The fraction of sp³-hybridized carbons (Fsp3) is 0.900. The Morgan fingerprint density at radius 3 is 3.23 bits per heavy atom. The number of piperidine rings is 1. The van der Waals surface area contributed by atoms with E-state index in [0.29, 0.717) is 12.6 Å². The maximum absolute atomic E-state index is 11.2. The SMILES string of the molecule is CCC[C@H]1CCN2C(=O)OC[C@@H]2C1. The van der Waals surface area contributed by atoms with E-state index in [1.807, 2.05) is 4.90 Å². The quantitative estimate of drug-likeness (QED) is 0.655. The number of carbonyl (C=O) groups is 1. The van der Waals surface area contributed by atoms with Crippen molar-refractivity contribution < 1.29 is 9.53 Å². The van der Waals surface area contributed by atoms with Gasteiger partial charge in [0.1, 0.15) is 6.61 Å². The molecule has 0 aromatic heterocycles. The number of nitrogens with zero attached hydrogens (tertiary/aromatic N) is 1. The van der Waals surface area contributed by atoms with Crippen molar-refractivity contribution in [2.75, 3.05) is 13.2 Å². The molecule has 0 aliphatic carbocycles. The lowest BCUT2D eigenvalue weighted by Gasteiger charge is -2.32. The van der Waals surface area contributed by atoms with E-state index in [1.165, 1.54) is 19.3 Å². The topological polar surface area (TPSA) is 29.5 Å². The summed E-state index contributed by atoms with van der Waals surface area (Å²) in [4.78, 5) is 13.1. The summed E-state index contributed by atoms with van der Waals surface area (Å²) in [5.41, 5.74) is 0. The van der Waals surface area contributed by atoms with E-state index in [9.17, 15) is 4.79 Å². The lowest BCUT2D eigenvalue weighted by Crippen LogP contribution is -2.40. The smallest absolute Gasteiger partial charge is 0.410 e. The number of hydrogen-bond acceptors (Lipinski definition) is 2. The monoisotopic (exact) mass is 183 g/mol. The van der Waals surface area contributed by atoms with Gasteiger partial charge in [0, 0.05) is 6.54 Å². The summed E-state index contributed by atoms with van der Waals surface area (Å²) in [6.07, 6.45) is 4.78. The van der Waals surface area contributed by atoms with Crippen LogP contribution in [0, 0.1) is 5.92 Å². The largest absolute Gasteiger partial charge is 0.447 e. The first-order valence-corrected chi connectivity index (χ1v) is 5.24. The fourth-order valence-corrected chi connectivity index (χ4v) is 2.45. The Morgan fingerprint density at radius 1 is 1.62 bits per heavy atom. The first kappa shape index (κ1) is 8.85. The molecule has 0 saturated carbocycles. The molecule has 2 fully saturated rings. The highest BCUT2D eigenvalue weighted by Crippen LogP contribution is 2.29. The van der Waals surface area contributed by atoms with E-state index in [-0.39, 0.29) is 6.09 Å². The molecule has 2 atom stereocenters. The molecule has 2 heterocycles. The molecule has 2 aliphatic rings. The molecule has 2 aliphatic heterocycles. The Kier molecular flexibility index (Phi) is 2.42. The van der Waals surface area contributed by atoms with Crippen LogP contribution in [0.1, 0.15) is 32.6 Å². The van der Waals surface area contributed by atoms with Gasteiger partial charge in [-0.1, -0.05) is 19.8 Å². The van der Waals surface area contributed by atoms with E-state index >= 15 is 0 Å². The summed E-state index contributed by atoms with van der Waals surface area (Å²) in [5.74, 6) is 0.820. The van der Waals surface area contributed by atoms with Crippen LogP contribution in [0.4, 0.5) is 4.79 Å². The van der Waals surface area contributed by atoms with Gasteiger partial charge < -0.3 is 9.64 Å². The second-order valence-electron chi connectivity index (χ2n) is 4.10. The normalized spacial score (nSPS) is 33.0. The average molecular weight is 183 g/mol. The van der Waals surface area contributed by atoms with Gasteiger partial charge in [0.2, 0.25) is 0 Å². The summed E-state index contributed by atoms with van der Waals surface area (Å²) in [6, 6.07) is 0.387. The molecular formula is C10H17NO2. The zero-order chi connectivity index (χ0) is 9.26. The molecule has 1 amide bonds. The molecule has 2 rings (SSSR count). The van der Waals surface area contributed by atoms with Crippen LogP contribution < -0.4 is 0 Å². The summed E-state index contributed by atoms with van der Waals surface area (Å²) in [7, 11) is 0. The van der Waals surface area contributed by atoms with E-state index in [0.717, 1.165) is 18.9 Å². The van der Waals surface area contributed by atoms with Crippen LogP contribution >= 0.6 is 0 Å². The molecule has 0 spiro atoms. The third-order valence-corrected chi connectivity index (χ3v) is 3.16. The Hall–Kier alpha value is -0.730. The van der Waals surface area contributed by atoms with Crippen molar-refractivity contribution in [3.05, 3.63) is 0 Å². The maximum atomic E-state index is 11.2. The van der Waals surface area contributed by atoms with Crippen LogP contribution in [0.25, 0.3) is 0 Å². The second-order valence-corrected chi connectivity index (χ2v) is 4.10. The Morgan fingerprint density at radius 2 is 2.46 bits per heavy atom. The molecule has 74 valence electrons. The fourth-order valence-electron chi connectivity index (χ4n) is 2.45. The van der Waals surface area contributed by atoms with Crippen molar-refractivity contribution in [1.82, 2.24) is 4.90 Å². The maximum Gasteiger partial charge on any atom is 0.410 e. The predicted octanol–water partition coefficient (Wildman–Crippen LogP) is 2.02. The molecule has 0 unspecified atom stereocenters. The van der Waals surface area contributed by atoms with E-state index < -0.39 is 0 Å². The van der Waals surface area contributed by atoms with Gasteiger partial charge in [-0.2, -0.15) is 0 Å². The summed E-state index contributed by atoms with van der Waals surface area (Å²) in [6.45, 7) is 3.76. The van der Waals surface area contributed by atoms with Gasteiger partial charge in [-0.3, -0.25) is 0 Å². The highest BCUT2D eigenvalue weighted by Gasteiger charge is 2.37. The van der Waals surface area contributed by atoms with Crippen LogP contribution in [-0.4, -0.2) is 30.2 Å². The summed E-state index contributed by atoms with van der Waals surface area (Å²) >= 11 is 0. The van der Waals surface area contributed by atoms with Crippen LogP contribution in [0.15, 0.2) is 0 Å². The number of hydrogen-bond donors (Lipinski definition) is 0. The standard InChI is InChI=1S/C10H17NO2/c1-2-3-8-4-5-11-9(6-8)7-13-10(11)12/h8-9H,2-7H2,1H3/t8-,9-/m0/s1. The zero-order valence-electron chi connectivity index (χ0n) is 8.16. The number of ether oxygens (including phenoxy) is 1. The van der Waals surface area contributed by atoms with Gasteiger partial charge in [-0.05, 0) is 18.8 Å². The second kappa shape index (κ2) is 3.56. The molecule has 0 radical (unpaired) electrons. The molecule has 2 saturated heterocycles. The molecule has 0 bridgehead atoms. The number of amides is 1. The Labute approximate surface area is 79.0 Å². The van der Waals surface area contributed by atoms with E-state index in [1.54, 1.807) is 0 Å². The predicted molar refractivity (Wildman–Crippen MR) is 49.5 cm³/mol. The van der Waals surface area contributed by atoms with Crippen molar-refractivity contribution in [3.63, 3.8) is 0 Å². The number of cyclic esters (lactones) is 1. The van der Waals surface area contributed by atoms with Crippen molar-refractivity contribution in [1.29, 1.82) is 0 Å². The highest BCUT2D eigenvalue weighted by atomic mass is 16.6. The highest BCUT2D eigenvalue weighted by molar-refractivity contribution is 5.70. The molecule has 0 N–H and O–H groups in total. The lowest BCUT2D eigenvalue weighted by atomic mass is 9.88. The molecule has 3 nitrogen and oxygen atoms in total. The van der Waals surface area contributed by atoms with E-state index in [2.05, 4.69) is 6.92 Å². The van der Waals surface area contributed by atoms with Crippen molar-refractivity contribution in [2.24, 2.45) is 5.92 Å². The van der Waals surface area contributed by atoms with Gasteiger partial charge in [-0.25, -0.2) is 4.79 Å². The van der Waals surface area contributed by atoms with Crippen molar-refractivity contribution in [3.8, 4) is 0 Å². The van der Waals surface area contributed by atoms with Crippen LogP contribution in [0.3, 0.4) is 0 Å². The molecule has 0 aromatic rings. The number of carbonyl (C=O) groups excluding carboxylic acids is 1. The average Bonchev–Trinajstić information content (AvgIpc) is 2.48. The van der Waals surface area contributed by atoms with Crippen molar-refractivity contribution in [2.45, 2.75) is 38.6 Å². The number of rotatable bonds is 2. The minimum atomic E-state index is -0.0973. The Bertz CT molecular complexity index is 205. The first-order chi connectivity index (χ1) is 6.31. The number of fused-ring (bicyclic) bond motifs is 1. The van der Waals surface area contributed by atoms with Gasteiger partial charge in [0.15, 0.2) is 0 Å². The van der Waals surface area contributed by atoms with Gasteiger partial charge in [0.25, 0.3) is 0 Å².